The van der Waals surface area contributed by atoms with Gasteiger partial charge >= 0.3 is 5.97 Å². The van der Waals surface area contributed by atoms with E-state index in [1.165, 1.54) is 10.7 Å². The maximum Gasteiger partial charge on any atom is 0.356 e. The van der Waals surface area contributed by atoms with Gasteiger partial charge in [-0.2, -0.15) is 5.10 Å². The molecule has 1 amide bonds. The highest BCUT2D eigenvalue weighted by Gasteiger charge is 2.09. The first kappa shape index (κ1) is 16.5. The van der Waals surface area contributed by atoms with Crippen LogP contribution in [0.5, 0.6) is 0 Å². The summed E-state index contributed by atoms with van der Waals surface area (Å²) in [4.78, 5) is 22.9. The number of amides is 1. The van der Waals surface area contributed by atoms with E-state index in [1.807, 2.05) is 37.3 Å². The molecule has 128 valence electrons. The summed E-state index contributed by atoms with van der Waals surface area (Å²) in [6.07, 6.45) is 1.77. The molecule has 0 spiro atoms. The average molecular weight is 339 g/mol. The molecule has 0 saturated heterocycles. The monoisotopic (exact) mass is 339 g/mol. The van der Waals surface area contributed by atoms with Gasteiger partial charge in [-0.3, -0.25) is 4.79 Å². The van der Waals surface area contributed by atoms with Crippen LogP contribution in [0.3, 0.4) is 0 Å². The normalized spacial score (nSPS) is 10.6. The molecule has 0 aliphatic heterocycles. The fourth-order valence-corrected chi connectivity index (χ4v) is 2.39. The number of carboxylic acids is 1. The molecule has 2 N–H and O–H groups in total. The van der Waals surface area contributed by atoms with E-state index in [9.17, 15) is 9.59 Å². The maximum atomic E-state index is 12.0. The van der Waals surface area contributed by atoms with Crippen LogP contribution in [0.2, 0.25) is 0 Å². The van der Waals surface area contributed by atoms with Crippen molar-refractivity contribution in [3.8, 4) is 5.69 Å². The van der Waals surface area contributed by atoms with Crippen molar-refractivity contribution < 1.29 is 19.1 Å². The van der Waals surface area contributed by atoms with E-state index in [0.29, 0.717) is 12.3 Å². The molecule has 2 heterocycles. The van der Waals surface area contributed by atoms with Gasteiger partial charge < -0.3 is 14.8 Å². The van der Waals surface area contributed by atoms with E-state index >= 15 is 0 Å². The highest BCUT2D eigenvalue weighted by molar-refractivity contribution is 5.85. The van der Waals surface area contributed by atoms with Crippen LogP contribution in [-0.2, 0) is 17.8 Å². The van der Waals surface area contributed by atoms with Crippen molar-refractivity contribution in [3.05, 3.63) is 71.4 Å². The first-order valence-electron chi connectivity index (χ1n) is 7.71. The number of rotatable bonds is 6. The van der Waals surface area contributed by atoms with Crippen LogP contribution < -0.4 is 5.32 Å². The van der Waals surface area contributed by atoms with Crippen LogP contribution in [0.1, 0.15) is 27.6 Å². The smallest absolute Gasteiger partial charge is 0.356 e. The van der Waals surface area contributed by atoms with Gasteiger partial charge in [0.05, 0.1) is 12.1 Å². The van der Waals surface area contributed by atoms with Crippen LogP contribution in [0.25, 0.3) is 5.69 Å². The zero-order chi connectivity index (χ0) is 17.8. The zero-order valence-corrected chi connectivity index (χ0v) is 13.6. The molecule has 1 aromatic carbocycles. The quantitative estimate of drug-likeness (QED) is 0.718. The van der Waals surface area contributed by atoms with Crippen molar-refractivity contribution in [1.29, 1.82) is 0 Å². The SMILES string of the molecule is Cc1ccc(CC(=O)NCc2cccc(-n3ccc(C(=O)O)n3)c2)o1. The number of benzene rings is 1. The number of nitrogens with zero attached hydrogens (tertiary/aromatic N) is 2. The topological polar surface area (TPSA) is 97.4 Å². The van der Waals surface area contributed by atoms with E-state index in [0.717, 1.165) is 17.0 Å². The molecule has 0 aliphatic carbocycles. The number of carbonyl (C=O) groups excluding carboxylic acids is 1. The fraction of sp³-hybridized carbons (Fsp3) is 0.167. The highest BCUT2D eigenvalue weighted by Crippen LogP contribution is 2.11. The third-order valence-electron chi connectivity index (χ3n) is 3.60. The Hall–Kier alpha value is -3.35. The van der Waals surface area contributed by atoms with Crippen molar-refractivity contribution in [3.63, 3.8) is 0 Å². The summed E-state index contributed by atoms with van der Waals surface area (Å²) >= 11 is 0. The van der Waals surface area contributed by atoms with Crippen LogP contribution in [0, 0.1) is 6.92 Å². The molecular formula is C18H17N3O4. The van der Waals surface area contributed by atoms with Crippen molar-refractivity contribution in [2.45, 2.75) is 19.9 Å². The molecule has 0 fully saturated rings. The summed E-state index contributed by atoms with van der Waals surface area (Å²) in [5.74, 6) is 0.194. The van der Waals surface area contributed by atoms with Gasteiger partial charge in [-0.1, -0.05) is 12.1 Å². The Morgan fingerprint density at radius 3 is 2.76 bits per heavy atom. The summed E-state index contributed by atoms with van der Waals surface area (Å²) in [6.45, 7) is 2.19. The zero-order valence-electron chi connectivity index (χ0n) is 13.6. The summed E-state index contributed by atoms with van der Waals surface area (Å²) in [5.41, 5.74) is 1.59. The number of furan rings is 1. The second-order valence-electron chi connectivity index (χ2n) is 5.59. The van der Waals surface area contributed by atoms with E-state index in [2.05, 4.69) is 10.4 Å². The van der Waals surface area contributed by atoms with Gasteiger partial charge in [-0.15, -0.1) is 0 Å². The van der Waals surface area contributed by atoms with Gasteiger partial charge in [0, 0.05) is 12.7 Å². The van der Waals surface area contributed by atoms with Crippen molar-refractivity contribution in [2.24, 2.45) is 0 Å². The van der Waals surface area contributed by atoms with Gasteiger partial charge in [0.15, 0.2) is 5.69 Å². The minimum atomic E-state index is -1.07. The number of carboxylic acid groups (broad SMARTS) is 1. The molecule has 0 bridgehead atoms. The fourth-order valence-electron chi connectivity index (χ4n) is 2.39. The van der Waals surface area contributed by atoms with Crippen molar-refractivity contribution in [1.82, 2.24) is 15.1 Å². The second kappa shape index (κ2) is 7.04. The van der Waals surface area contributed by atoms with E-state index in [4.69, 9.17) is 9.52 Å². The first-order valence-corrected chi connectivity index (χ1v) is 7.71. The van der Waals surface area contributed by atoms with Gasteiger partial charge in [0.25, 0.3) is 0 Å². The number of aryl methyl sites for hydroxylation is 1. The van der Waals surface area contributed by atoms with Crippen molar-refractivity contribution >= 4 is 11.9 Å². The third-order valence-corrected chi connectivity index (χ3v) is 3.60. The molecule has 3 rings (SSSR count). The molecular weight excluding hydrogens is 322 g/mol. The molecule has 0 aliphatic rings. The lowest BCUT2D eigenvalue weighted by Gasteiger charge is -2.07. The molecule has 0 saturated carbocycles. The number of aromatic carboxylic acids is 1. The Kier molecular flexibility index (Phi) is 4.65. The van der Waals surface area contributed by atoms with Gasteiger partial charge in [0.1, 0.15) is 11.5 Å². The Labute approximate surface area is 143 Å². The Morgan fingerprint density at radius 2 is 2.08 bits per heavy atom. The highest BCUT2D eigenvalue weighted by atomic mass is 16.4. The van der Waals surface area contributed by atoms with Gasteiger partial charge in [-0.25, -0.2) is 9.48 Å². The Morgan fingerprint density at radius 1 is 1.24 bits per heavy atom. The Balaban J connectivity index is 1.63. The second-order valence-corrected chi connectivity index (χ2v) is 5.59. The van der Waals surface area contributed by atoms with Crippen LogP contribution in [0.4, 0.5) is 0 Å². The molecule has 0 atom stereocenters. The van der Waals surface area contributed by atoms with Gasteiger partial charge in [0.2, 0.25) is 5.91 Å². The number of hydrogen-bond acceptors (Lipinski definition) is 4. The predicted molar refractivity (Wildman–Crippen MR) is 89.5 cm³/mol. The lowest BCUT2D eigenvalue weighted by molar-refractivity contribution is -0.120. The Bertz CT molecular complexity index is 910. The summed E-state index contributed by atoms with van der Waals surface area (Å²) in [7, 11) is 0. The molecule has 25 heavy (non-hydrogen) atoms. The van der Waals surface area contributed by atoms with Gasteiger partial charge in [-0.05, 0) is 42.8 Å². The summed E-state index contributed by atoms with van der Waals surface area (Å²) < 4.78 is 6.87. The molecule has 7 nitrogen and oxygen atoms in total. The van der Waals surface area contributed by atoms with E-state index in [1.54, 1.807) is 12.3 Å². The van der Waals surface area contributed by atoms with Crippen LogP contribution in [0.15, 0.2) is 53.1 Å². The number of aromatic nitrogens is 2. The molecule has 3 aromatic rings. The first-order chi connectivity index (χ1) is 12.0. The maximum absolute atomic E-state index is 12.0. The average Bonchev–Trinajstić information content (AvgIpc) is 3.23. The lowest BCUT2D eigenvalue weighted by atomic mass is 10.2. The summed E-state index contributed by atoms with van der Waals surface area (Å²) in [6, 6.07) is 12.4. The largest absolute Gasteiger partial charge is 0.476 e. The van der Waals surface area contributed by atoms with Crippen LogP contribution >= 0.6 is 0 Å². The third kappa shape index (κ3) is 4.14. The number of nitrogens with one attached hydrogen (secondary N) is 1. The summed E-state index contributed by atoms with van der Waals surface area (Å²) in [5, 5.41) is 15.8. The predicted octanol–water partition coefficient (Wildman–Crippen LogP) is 2.33. The van der Waals surface area contributed by atoms with E-state index in [-0.39, 0.29) is 18.0 Å². The minimum Gasteiger partial charge on any atom is -0.476 e. The molecule has 0 radical (unpaired) electrons. The number of hydrogen-bond donors (Lipinski definition) is 2. The minimum absolute atomic E-state index is 0.0209. The molecule has 7 heteroatoms. The van der Waals surface area contributed by atoms with E-state index < -0.39 is 5.97 Å². The molecule has 2 aromatic heterocycles. The van der Waals surface area contributed by atoms with Crippen molar-refractivity contribution in [2.75, 3.05) is 0 Å². The number of carbonyl (C=O) groups is 2. The standard InChI is InChI=1S/C18H17N3O4/c1-12-5-6-15(25-12)10-17(22)19-11-13-3-2-4-14(9-13)21-8-7-16(20-21)18(23)24/h2-9H,10-11H2,1H3,(H,19,22)(H,23,24). The van der Waals surface area contributed by atoms with Crippen LogP contribution in [-0.4, -0.2) is 26.8 Å². The lowest BCUT2D eigenvalue weighted by Crippen LogP contribution is -2.24. The molecule has 0 unspecified atom stereocenters.